The summed E-state index contributed by atoms with van der Waals surface area (Å²) in [6, 6.07) is 0. The molecule has 1 aromatic rings. The number of carbonyl (C=O) groups excluding carboxylic acids is 1. The molecule has 0 aromatic carbocycles. The minimum atomic E-state index is 0.169. The van der Waals surface area contributed by atoms with Crippen molar-refractivity contribution in [3.05, 3.63) is 18.7 Å². The molecule has 0 aliphatic rings. The molecule has 0 unspecified atom stereocenters. The molecule has 0 fully saturated rings. The second-order valence-corrected chi connectivity index (χ2v) is 3.94. The molecule has 0 saturated carbocycles. The molecule has 0 saturated heterocycles. The number of rotatable bonds is 7. The van der Waals surface area contributed by atoms with Crippen LogP contribution in [0, 0.1) is 0 Å². The zero-order chi connectivity index (χ0) is 11.8. The molecule has 1 rings (SSSR count). The summed E-state index contributed by atoms with van der Waals surface area (Å²) in [5.41, 5.74) is 0. The van der Waals surface area contributed by atoms with E-state index in [1.165, 1.54) is 0 Å². The number of nitrogens with one attached hydrogen (secondary N) is 1. The van der Waals surface area contributed by atoms with Gasteiger partial charge < -0.3 is 14.8 Å². The van der Waals surface area contributed by atoms with Gasteiger partial charge in [-0.25, -0.2) is 4.98 Å². The van der Waals surface area contributed by atoms with Crippen LogP contribution in [0.2, 0.25) is 0 Å². The molecule has 0 aliphatic heterocycles. The summed E-state index contributed by atoms with van der Waals surface area (Å²) >= 11 is 0. The maximum Gasteiger partial charge on any atom is 0.223 e. The Bertz CT molecular complexity index is 295. The number of aromatic nitrogens is 2. The lowest BCUT2D eigenvalue weighted by molar-refractivity contribution is -0.128. The predicted octanol–water partition coefficient (Wildman–Crippen LogP) is 0.341. The van der Waals surface area contributed by atoms with Gasteiger partial charge in [0.1, 0.15) is 0 Å². The van der Waals surface area contributed by atoms with Gasteiger partial charge in [-0.3, -0.25) is 4.79 Å². The van der Waals surface area contributed by atoms with Crippen LogP contribution in [0.4, 0.5) is 0 Å². The third-order valence-electron chi connectivity index (χ3n) is 2.34. The van der Waals surface area contributed by atoms with Gasteiger partial charge in [-0.15, -0.1) is 0 Å². The van der Waals surface area contributed by atoms with Gasteiger partial charge in [0.2, 0.25) is 5.91 Å². The maximum atomic E-state index is 11.2. The van der Waals surface area contributed by atoms with Gasteiger partial charge >= 0.3 is 0 Å². The van der Waals surface area contributed by atoms with E-state index in [4.69, 9.17) is 0 Å². The minimum Gasteiger partial charge on any atom is -0.349 e. The number of aryl methyl sites for hydroxylation is 1. The van der Waals surface area contributed by atoms with E-state index < -0.39 is 0 Å². The Morgan fingerprint density at radius 1 is 1.44 bits per heavy atom. The van der Waals surface area contributed by atoms with E-state index in [0.29, 0.717) is 6.42 Å². The van der Waals surface area contributed by atoms with Crippen molar-refractivity contribution in [3.63, 3.8) is 0 Å². The van der Waals surface area contributed by atoms with Crippen LogP contribution in [0.3, 0.4) is 0 Å². The fraction of sp³-hybridized carbons (Fsp3) is 0.636. The van der Waals surface area contributed by atoms with Crippen LogP contribution >= 0.6 is 0 Å². The molecule has 1 aromatic heterocycles. The summed E-state index contributed by atoms with van der Waals surface area (Å²) in [6.07, 6.45) is 7.17. The second kappa shape index (κ2) is 7.00. The van der Waals surface area contributed by atoms with Crippen molar-refractivity contribution in [1.82, 2.24) is 19.8 Å². The second-order valence-electron chi connectivity index (χ2n) is 3.94. The quantitative estimate of drug-likeness (QED) is 0.680. The topological polar surface area (TPSA) is 50.2 Å². The minimum absolute atomic E-state index is 0.169. The van der Waals surface area contributed by atoms with E-state index in [2.05, 4.69) is 10.3 Å². The maximum absolute atomic E-state index is 11.2. The Balaban J connectivity index is 1.94. The van der Waals surface area contributed by atoms with Crippen molar-refractivity contribution in [1.29, 1.82) is 0 Å². The van der Waals surface area contributed by atoms with E-state index in [0.717, 1.165) is 26.1 Å². The van der Waals surface area contributed by atoms with Crippen LogP contribution in [-0.2, 0) is 11.3 Å². The fourth-order valence-electron chi connectivity index (χ4n) is 1.35. The lowest BCUT2D eigenvalue weighted by Gasteiger charge is -2.10. The standard InChI is InChI=1S/C11H20N4O/c1-14(2)11(16)4-6-12-5-3-8-15-9-7-13-10-15/h7,9-10,12H,3-6,8H2,1-2H3. The molecule has 0 radical (unpaired) electrons. The third-order valence-corrected chi connectivity index (χ3v) is 2.34. The number of hydrogen-bond donors (Lipinski definition) is 1. The van der Waals surface area contributed by atoms with Gasteiger partial charge in [0.15, 0.2) is 0 Å². The van der Waals surface area contributed by atoms with Crippen molar-refractivity contribution >= 4 is 5.91 Å². The summed E-state index contributed by atoms with van der Waals surface area (Å²) < 4.78 is 2.05. The first-order chi connectivity index (χ1) is 7.70. The largest absolute Gasteiger partial charge is 0.349 e. The first-order valence-electron chi connectivity index (χ1n) is 5.57. The zero-order valence-electron chi connectivity index (χ0n) is 10.0. The summed E-state index contributed by atoms with van der Waals surface area (Å²) in [7, 11) is 3.56. The SMILES string of the molecule is CN(C)C(=O)CCNCCCn1ccnc1. The summed E-state index contributed by atoms with van der Waals surface area (Å²) in [5.74, 6) is 0.169. The van der Waals surface area contributed by atoms with Gasteiger partial charge in [-0.1, -0.05) is 0 Å². The van der Waals surface area contributed by atoms with Crippen LogP contribution in [0.5, 0.6) is 0 Å². The Labute approximate surface area is 96.5 Å². The lowest BCUT2D eigenvalue weighted by Crippen LogP contribution is -2.27. The van der Waals surface area contributed by atoms with Crippen LogP contribution in [0.1, 0.15) is 12.8 Å². The number of nitrogens with zero attached hydrogens (tertiary/aromatic N) is 3. The van der Waals surface area contributed by atoms with Crippen LogP contribution in [0.25, 0.3) is 0 Å². The monoisotopic (exact) mass is 224 g/mol. The average molecular weight is 224 g/mol. The van der Waals surface area contributed by atoms with E-state index in [1.807, 2.05) is 17.1 Å². The molecule has 5 nitrogen and oxygen atoms in total. The van der Waals surface area contributed by atoms with E-state index in [9.17, 15) is 4.79 Å². The van der Waals surface area contributed by atoms with Crippen molar-refractivity contribution in [2.24, 2.45) is 0 Å². The van der Waals surface area contributed by atoms with Gasteiger partial charge in [0.25, 0.3) is 0 Å². The highest BCUT2D eigenvalue weighted by atomic mass is 16.2. The van der Waals surface area contributed by atoms with Gasteiger partial charge in [-0.2, -0.15) is 0 Å². The van der Waals surface area contributed by atoms with E-state index >= 15 is 0 Å². The molecule has 16 heavy (non-hydrogen) atoms. The normalized spacial score (nSPS) is 10.4. The zero-order valence-corrected chi connectivity index (χ0v) is 10.0. The van der Waals surface area contributed by atoms with Crippen molar-refractivity contribution in [2.45, 2.75) is 19.4 Å². The predicted molar refractivity (Wildman–Crippen MR) is 63.0 cm³/mol. The molecule has 1 heterocycles. The van der Waals surface area contributed by atoms with E-state index in [1.54, 1.807) is 25.2 Å². The first kappa shape index (κ1) is 12.7. The number of amides is 1. The lowest BCUT2D eigenvalue weighted by atomic mass is 10.3. The fourth-order valence-corrected chi connectivity index (χ4v) is 1.35. The Morgan fingerprint density at radius 2 is 2.25 bits per heavy atom. The Morgan fingerprint density at radius 3 is 2.88 bits per heavy atom. The highest BCUT2D eigenvalue weighted by molar-refractivity contribution is 5.75. The molecular weight excluding hydrogens is 204 g/mol. The van der Waals surface area contributed by atoms with E-state index in [-0.39, 0.29) is 5.91 Å². The number of imidazole rings is 1. The third kappa shape index (κ3) is 4.93. The highest BCUT2D eigenvalue weighted by Gasteiger charge is 2.01. The summed E-state index contributed by atoms with van der Waals surface area (Å²) in [4.78, 5) is 16.8. The van der Waals surface area contributed by atoms with Crippen LogP contribution < -0.4 is 5.32 Å². The van der Waals surface area contributed by atoms with Gasteiger partial charge in [0.05, 0.1) is 6.33 Å². The molecule has 0 aliphatic carbocycles. The number of carbonyl (C=O) groups is 1. The average Bonchev–Trinajstić information content (AvgIpc) is 2.75. The van der Waals surface area contributed by atoms with Crippen molar-refractivity contribution in [3.8, 4) is 0 Å². The molecule has 5 heteroatoms. The molecule has 90 valence electrons. The van der Waals surface area contributed by atoms with Crippen LogP contribution in [0.15, 0.2) is 18.7 Å². The first-order valence-corrected chi connectivity index (χ1v) is 5.57. The summed E-state index contributed by atoms with van der Waals surface area (Å²) in [6.45, 7) is 2.65. The molecule has 1 N–H and O–H groups in total. The Kier molecular flexibility index (Phi) is 5.56. The van der Waals surface area contributed by atoms with Crippen LogP contribution in [-0.4, -0.2) is 47.5 Å². The Hall–Kier alpha value is -1.36. The van der Waals surface area contributed by atoms with Gasteiger partial charge in [-0.05, 0) is 13.0 Å². The van der Waals surface area contributed by atoms with Gasteiger partial charge in [0, 0.05) is 46.0 Å². The smallest absolute Gasteiger partial charge is 0.223 e. The molecule has 1 amide bonds. The molecule has 0 spiro atoms. The summed E-state index contributed by atoms with van der Waals surface area (Å²) in [5, 5.41) is 3.25. The van der Waals surface area contributed by atoms with Crippen molar-refractivity contribution in [2.75, 3.05) is 27.2 Å². The molecular formula is C11H20N4O. The highest BCUT2D eigenvalue weighted by Crippen LogP contribution is 1.89. The molecule has 0 atom stereocenters. The molecule has 0 bridgehead atoms. The van der Waals surface area contributed by atoms with Crippen molar-refractivity contribution < 1.29 is 4.79 Å². The number of hydrogen-bond acceptors (Lipinski definition) is 3.